The van der Waals surface area contributed by atoms with Crippen molar-refractivity contribution >= 4 is 28.4 Å². The lowest BCUT2D eigenvalue weighted by atomic mass is 10.2. The molecule has 1 aliphatic carbocycles. The highest BCUT2D eigenvalue weighted by molar-refractivity contribution is 14.1. The molecule has 6 heteroatoms. The Morgan fingerprint density at radius 3 is 2.72 bits per heavy atom. The molecule has 1 N–H and O–H groups in total. The molecule has 0 atom stereocenters. The first kappa shape index (κ1) is 11.9. The Morgan fingerprint density at radius 2 is 2.17 bits per heavy atom. The summed E-state index contributed by atoms with van der Waals surface area (Å²) in [4.78, 5) is 13.4. The molecular weight excluding hydrogens is 341 g/mol. The summed E-state index contributed by atoms with van der Waals surface area (Å²) in [5, 5.41) is 3.15. The predicted molar refractivity (Wildman–Crippen MR) is 78.5 cm³/mol. The Labute approximate surface area is 119 Å². The summed E-state index contributed by atoms with van der Waals surface area (Å²) in [5.74, 6) is 2.27. The van der Waals surface area contributed by atoms with Crippen LogP contribution in [0.4, 0.5) is 5.82 Å². The molecule has 18 heavy (non-hydrogen) atoms. The molecular formula is C12H14IN5. The van der Waals surface area contributed by atoms with Gasteiger partial charge in [-0.15, -0.1) is 0 Å². The van der Waals surface area contributed by atoms with E-state index in [9.17, 15) is 0 Å². The quantitative estimate of drug-likeness (QED) is 0.860. The standard InChI is InChI=1S/C12H14IN5/c1-14-12-9(13)10(7-3-4-7)16-11(17-12)8-5-15-6-18(8)2/h5-7H,3-4H2,1-2H3,(H,14,16,17). The number of anilines is 1. The Bertz CT molecular complexity index is 588. The van der Waals surface area contributed by atoms with E-state index >= 15 is 0 Å². The number of halogens is 1. The summed E-state index contributed by atoms with van der Waals surface area (Å²) in [5.41, 5.74) is 2.12. The van der Waals surface area contributed by atoms with Gasteiger partial charge in [0.25, 0.3) is 0 Å². The lowest BCUT2D eigenvalue weighted by Gasteiger charge is -2.10. The van der Waals surface area contributed by atoms with Crippen LogP contribution < -0.4 is 5.32 Å². The number of nitrogens with one attached hydrogen (secondary N) is 1. The number of imidazole rings is 1. The maximum atomic E-state index is 4.73. The smallest absolute Gasteiger partial charge is 0.180 e. The number of hydrogen-bond donors (Lipinski definition) is 1. The summed E-state index contributed by atoms with van der Waals surface area (Å²) in [7, 11) is 3.85. The van der Waals surface area contributed by atoms with Crippen LogP contribution in [0.2, 0.25) is 0 Å². The first-order valence-corrected chi connectivity index (χ1v) is 7.00. The van der Waals surface area contributed by atoms with Gasteiger partial charge in [0.1, 0.15) is 11.5 Å². The van der Waals surface area contributed by atoms with Gasteiger partial charge in [0.05, 0.1) is 21.8 Å². The van der Waals surface area contributed by atoms with Gasteiger partial charge in [-0.2, -0.15) is 0 Å². The van der Waals surface area contributed by atoms with Crippen LogP contribution in [0.5, 0.6) is 0 Å². The van der Waals surface area contributed by atoms with Crippen LogP contribution in [0, 0.1) is 3.57 Å². The van der Waals surface area contributed by atoms with Crippen molar-refractivity contribution in [3.63, 3.8) is 0 Å². The second-order valence-electron chi connectivity index (χ2n) is 4.51. The molecule has 0 unspecified atom stereocenters. The first-order valence-electron chi connectivity index (χ1n) is 5.92. The second-order valence-corrected chi connectivity index (χ2v) is 5.59. The van der Waals surface area contributed by atoms with Crippen LogP contribution in [0.3, 0.4) is 0 Å². The Balaban J connectivity index is 2.15. The molecule has 0 spiro atoms. The van der Waals surface area contributed by atoms with Crippen molar-refractivity contribution in [3.05, 3.63) is 21.8 Å². The van der Waals surface area contributed by atoms with Gasteiger partial charge in [0.15, 0.2) is 5.82 Å². The number of hydrogen-bond acceptors (Lipinski definition) is 4. The molecule has 3 rings (SSSR count). The molecule has 0 aliphatic heterocycles. The summed E-state index contributed by atoms with van der Waals surface area (Å²) >= 11 is 2.33. The minimum Gasteiger partial charge on any atom is -0.372 e. The summed E-state index contributed by atoms with van der Waals surface area (Å²) in [6.07, 6.45) is 6.05. The van der Waals surface area contributed by atoms with E-state index in [2.05, 4.69) is 37.9 Å². The Kier molecular flexibility index (Phi) is 2.96. The maximum absolute atomic E-state index is 4.73. The summed E-state index contributed by atoms with van der Waals surface area (Å²) < 4.78 is 3.08. The lowest BCUT2D eigenvalue weighted by Crippen LogP contribution is -2.06. The highest BCUT2D eigenvalue weighted by atomic mass is 127. The third kappa shape index (κ3) is 1.98. The topological polar surface area (TPSA) is 55.6 Å². The minimum atomic E-state index is 0.610. The molecule has 5 nitrogen and oxygen atoms in total. The minimum absolute atomic E-state index is 0.610. The first-order chi connectivity index (χ1) is 8.70. The van der Waals surface area contributed by atoms with Crippen molar-refractivity contribution < 1.29 is 0 Å². The SMILES string of the molecule is CNc1nc(-c2cncn2C)nc(C2CC2)c1I. The van der Waals surface area contributed by atoms with Crippen molar-refractivity contribution in [1.82, 2.24) is 19.5 Å². The fraction of sp³-hybridized carbons (Fsp3) is 0.417. The largest absolute Gasteiger partial charge is 0.372 e. The zero-order valence-corrected chi connectivity index (χ0v) is 12.5. The van der Waals surface area contributed by atoms with Gasteiger partial charge in [0.2, 0.25) is 0 Å². The van der Waals surface area contributed by atoms with Crippen LogP contribution in [-0.2, 0) is 7.05 Å². The van der Waals surface area contributed by atoms with Gasteiger partial charge in [-0.3, -0.25) is 0 Å². The zero-order valence-electron chi connectivity index (χ0n) is 10.3. The van der Waals surface area contributed by atoms with E-state index in [4.69, 9.17) is 4.98 Å². The lowest BCUT2D eigenvalue weighted by molar-refractivity contribution is 0.896. The van der Waals surface area contributed by atoms with E-state index in [1.54, 1.807) is 12.5 Å². The molecule has 1 fully saturated rings. The highest BCUT2D eigenvalue weighted by Gasteiger charge is 2.29. The second kappa shape index (κ2) is 4.49. The van der Waals surface area contributed by atoms with Crippen molar-refractivity contribution in [3.8, 4) is 11.5 Å². The average molecular weight is 355 g/mol. The van der Waals surface area contributed by atoms with Crippen molar-refractivity contribution in [2.75, 3.05) is 12.4 Å². The average Bonchev–Trinajstić information content (AvgIpc) is 3.12. The fourth-order valence-electron chi connectivity index (χ4n) is 1.94. The fourth-order valence-corrected chi connectivity index (χ4v) is 2.90. The molecule has 0 amide bonds. The number of nitrogens with zero attached hydrogens (tertiary/aromatic N) is 4. The molecule has 0 bridgehead atoms. The van der Waals surface area contributed by atoms with Gasteiger partial charge in [-0.05, 0) is 35.4 Å². The van der Waals surface area contributed by atoms with Crippen LogP contribution in [-0.4, -0.2) is 26.6 Å². The molecule has 1 aliphatic rings. The van der Waals surface area contributed by atoms with E-state index in [0.717, 1.165) is 20.9 Å². The molecule has 1 saturated carbocycles. The van der Waals surface area contributed by atoms with Crippen LogP contribution in [0.15, 0.2) is 12.5 Å². The molecule has 2 aromatic heterocycles. The van der Waals surface area contributed by atoms with Gasteiger partial charge in [0, 0.05) is 20.0 Å². The Hall–Kier alpha value is -1.18. The van der Waals surface area contributed by atoms with Crippen LogP contribution in [0.1, 0.15) is 24.5 Å². The summed E-state index contributed by atoms with van der Waals surface area (Å²) in [6, 6.07) is 0. The summed E-state index contributed by atoms with van der Waals surface area (Å²) in [6.45, 7) is 0. The van der Waals surface area contributed by atoms with Gasteiger partial charge in [-0.1, -0.05) is 0 Å². The number of rotatable bonds is 3. The normalized spacial score (nSPS) is 14.8. The molecule has 2 heterocycles. The van der Waals surface area contributed by atoms with Crippen molar-refractivity contribution in [2.45, 2.75) is 18.8 Å². The zero-order chi connectivity index (χ0) is 12.7. The van der Waals surface area contributed by atoms with E-state index in [1.165, 1.54) is 18.5 Å². The predicted octanol–water partition coefficient (Wildman–Crippen LogP) is 2.40. The molecule has 2 aromatic rings. The molecule has 0 saturated heterocycles. The van der Waals surface area contributed by atoms with Crippen LogP contribution >= 0.6 is 22.6 Å². The van der Waals surface area contributed by atoms with Crippen molar-refractivity contribution in [1.29, 1.82) is 0 Å². The van der Waals surface area contributed by atoms with E-state index < -0.39 is 0 Å². The third-order valence-electron chi connectivity index (χ3n) is 3.12. The molecule has 94 valence electrons. The van der Waals surface area contributed by atoms with Gasteiger partial charge < -0.3 is 9.88 Å². The van der Waals surface area contributed by atoms with E-state index in [-0.39, 0.29) is 0 Å². The molecule has 0 aromatic carbocycles. The van der Waals surface area contributed by atoms with Crippen LogP contribution in [0.25, 0.3) is 11.5 Å². The number of aryl methyl sites for hydroxylation is 1. The highest BCUT2D eigenvalue weighted by Crippen LogP contribution is 2.42. The maximum Gasteiger partial charge on any atom is 0.180 e. The number of aromatic nitrogens is 4. The van der Waals surface area contributed by atoms with Gasteiger partial charge in [-0.25, -0.2) is 15.0 Å². The van der Waals surface area contributed by atoms with E-state index in [0.29, 0.717) is 5.92 Å². The van der Waals surface area contributed by atoms with Gasteiger partial charge >= 0.3 is 0 Å². The monoisotopic (exact) mass is 355 g/mol. The van der Waals surface area contributed by atoms with Crippen molar-refractivity contribution in [2.24, 2.45) is 7.05 Å². The Morgan fingerprint density at radius 1 is 1.39 bits per heavy atom. The van der Waals surface area contributed by atoms with E-state index in [1.807, 2.05) is 18.7 Å². The third-order valence-corrected chi connectivity index (χ3v) is 4.19. The molecule has 0 radical (unpaired) electrons.